The van der Waals surface area contributed by atoms with Crippen molar-refractivity contribution < 1.29 is 14.1 Å². The van der Waals surface area contributed by atoms with Crippen LogP contribution in [0.3, 0.4) is 0 Å². The van der Waals surface area contributed by atoms with Gasteiger partial charge in [-0.3, -0.25) is 4.79 Å². The zero-order chi connectivity index (χ0) is 17.3. The van der Waals surface area contributed by atoms with E-state index < -0.39 is 0 Å². The summed E-state index contributed by atoms with van der Waals surface area (Å²) in [5, 5.41) is 4.17. The zero-order valence-corrected chi connectivity index (χ0v) is 14.3. The van der Waals surface area contributed by atoms with Crippen molar-refractivity contribution >= 4 is 23.2 Å². The zero-order valence-electron chi connectivity index (χ0n) is 13.6. The van der Waals surface area contributed by atoms with Crippen LogP contribution in [0.4, 0.5) is 5.69 Å². The van der Waals surface area contributed by atoms with Crippen molar-refractivity contribution in [1.82, 2.24) is 15.0 Å². The van der Waals surface area contributed by atoms with E-state index in [-0.39, 0.29) is 11.8 Å². The summed E-state index contributed by atoms with van der Waals surface area (Å²) in [6.45, 7) is 3.01. The Hall–Kier alpha value is -2.28. The predicted octanol–water partition coefficient (Wildman–Crippen LogP) is 2.64. The summed E-state index contributed by atoms with van der Waals surface area (Å²) in [5.74, 6) is 1.77. The summed E-state index contributed by atoms with van der Waals surface area (Å²) in [4.78, 5) is 18.8. The molecule has 1 fully saturated rings. The second-order valence-electron chi connectivity index (χ2n) is 5.82. The lowest BCUT2D eigenvalue weighted by molar-refractivity contribution is 0.0701. The Kier molecular flexibility index (Phi) is 4.62. The number of hydrogen-bond donors (Lipinski definition) is 1. The van der Waals surface area contributed by atoms with Gasteiger partial charge in [-0.05, 0) is 25.8 Å². The Morgan fingerprint density at radius 2 is 2.12 bits per heavy atom. The van der Waals surface area contributed by atoms with E-state index in [2.05, 4.69) is 10.1 Å². The number of halogens is 1. The Bertz CT molecular complexity index is 754. The first-order valence-corrected chi connectivity index (χ1v) is 8.10. The van der Waals surface area contributed by atoms with E-state index in [9.17, 15) is 4.79 Å². The van der Waals surface area contributed by atoms with E-state index in [1.54, 1.807) is 24.0 Å². The third-order valence-electron chi connectivity index (χ3n) is 4.22. The van der Waals surface area contributed by atoms with Gasteiger partial charge < -0.3 is 19.9 Å². The van der Waals surface area contributed by atoms with Crippen molar-refractivity contribution in [3.63, 3.8) is 0 Å². The molecule has 7 nitrogen and oxygen atoms in total. The predicted molar refractivity (Wildman–Crippen MR) is 89.3 cm³/mol. The van der Waals surface area contributed by atoms with Gasteiger partial charge in [-0.15, -0.1) is 0 Å². The molecular formula is C16H19ClN4O3. The summed E-state index contributed by atoms with van der Waals surface area (Å²) in [6, 6.07) is 3.13. The Morgan fingerprint density at radius 3 is 2.71 bits per heavy atom. The molecule has 1 aromatic heterocycles. The number of rotatable bonds is 3. The van der Waals surface area contributed by atoms with E-state index in [0.717, 1.165) is 12.8 Å². The van der Waals surface area contributed by atoms with Crippen molar-refractivity contribution in [2.45, 2.75) is 25.7 Å². The van der Waals surface area contributed by atoms with Crippen LogP contribution >= 0.6 is 11.6 Å². The first-order chi connectivity index (χ1) is 11.5. The number of piperidine rings is 1. The number of methoxy groups -OCH3 is 1. The van der Waals surface area contributed by atoms with Crippen LogP contribution < -0.4 is 10.5 Å². The fourth-order valence-electron chi connectivity index (χ4n) is 2.88. The number of likely N-dealkylation sites (tertiary alicyclic amines) is 1. The van der Waals surface area contributed by atoms with Crippen molar-refractivity contribution in [3.05, 3.63) is 34.4 Å². The molecule has 24 heavy (non-hydrogen) atoms. The lowest BCUT2D eigenvalue weighted by Crippen LogP contribution is -2.38. The van der Waals surface area contributed by atoms with Crippen LogP contribution in [0.15, 0.2) is 16.7 Å². The van der Waals surface area contributed by atoms with Gasteiger partial charge >= 0.3 is 0 Å². The average molecular weight is 351 g/mol. The molecular weight excluding hydrogens is 332 g/mol. The molecule has 2 N–H and O–H groups in total. The van der Waals surface area contributed by atoms with Crippen LogP contribution in [0.5, 0.6) is 5.75 Å². The fourth-order valence-corrected chi connectivity index (χ4v) is 3.05. The van der Waals surface area contributed by atoms with Gasteiger partial charge in [-0.2, -0.15) is 4.98 Å². The molecule has 0 bridgehead atoms. The van der Waals surface area contributed by atoms with E-state index in [1.807, 2.05) is 0 Å². The average Bonchev–Trinajstić information content (AvgIpc) is 3.03. The maximum Gasteiger partial charge on any atom is 0.257 e. The molecule has 8 heteroatoms. The maximum atomic E-state index is 12.8. The van der Waals surface area contributed by atoms with E-state index in [1.165, 1.54) is 7.11 Å². The molecule has 3 rings (SSSR count). The molecule has 0 atom stereocenters. The van der Waals surface area contributed by atoms with Gasteiger partial charge in [0.25, 0.3) is 5.91 Å². The number of nitrogens with two attached hydrogens (primary N) is 1. The van der Waals surface area contributed by atoms with Crippen LogP contribution in [0.1, 0.15) is 40.8 Å². The van der Waals surface area contributed by atoms with Crippen molar-refractivity contribution in [2.24, 2.45) is 0 Å². The van der Waals surface area contributed by atoms with Crippen LogP contribution in [0.25, 0.3) is 0 Å². The molecule has 2 heterocycles. The molecule has 128 valence electrons. The van der Waals surface area contributed by atoms with Gasteiger partial charge in [-0.1, -0.05) is 16.8 Å². The van der Waals surface area contributed by atoms with Crippen LogP contribution in [0, 0.1) is 6.92 Å². The van der Waals surface area contributed by atoms with Gasteiger partial charge in [0.1, 0.15) is 5.75 Å². The van der Waals surface area contributed by atoms with Crippen LogP contribution in [-0.2, 0) is 0 Å². The number of benzene rings is 1. The molecule has 1 aromatic carbocycles. The minimum atomic E-state index is -0.117. The molecule has 0 spiro atoms. The summed E-state index contributed by atoms with van der Waals surface area (Å²) >= 11 is 6.05. The van der Waals surface area contributed by atoms with Crippen LogP contribution in [0.2, 0.25) is 5.02 Å². The lowest BCUT2D eigenvalue weighted by Gasteiger charge is -2.30. The first-order valence-electron chi connectivity index (χ1n) is 7.72. The topological polar surface area (TPSA) is 94.5 Å². The van der Waals surface area contributed by atoms with Gasteiger partial charge in [0.05, 0.1) is 23.4 Å². The highest BCUT2D eigenvalue weighted by molar-refractivity contribution is 6.33. The molecule has 1 amide bonds. The summed E-state index contributed by atoms with van der Waals surface area (Å²) in [5.41, 5.74) is 6.57. The molecule has 0 saturated carbocycles. The minimum Gasteiger partial charge on any atom is -0.496 e. The number of aryl methyl sites for hydroxylation is 1. The maximum absolute atomic E-state index is 12.8. The number of carbonyl (C=O) groups is 1. The van der Waals surface area contributed by atoms with E-state index in [0.29, 0.717) is 46.8 Å². The van der Waals surface area contributed by atoms with E-state index in [4.69, 9.17) is 26.6 Å². The highest BCUT2D eigenvalue weighted by Gasteiger charge is 2.29. The largest absolute Gasteiger partial charge is 0.496 e. The molecule has 1 aliphatic rings. The van der Waals surface area contributed by atoms with Crippen LogP contribution in [-0.4, -0.2) is 41.1 Å². The third-order valence-corrected chi connectivity index (χ3v) is 4.55. The van der Waals surface area contributed by atoms with Gasteiger partial charge in [0.15, 0.2) is 5.82 Å². The molecule has 2 aromatic rings. The van der Waals surface area contributed by atoms with Crippen molar-refractivity contribution in [2.75, 3.05) is 25.9 Å². The first kappa shape index (κ1) is 16.6. The standard InChI is InChI=1S/C16H19ClN4O3/c1-9-19-15(24-20-9)10-3-5-21(6-4-10)16(22)11-7-12(17)13(18)8-14(11)23-2/h7-8,10H,3-6,18H2,1-2H3. The molecule has 1 saturated heterocycles. The number of carbonyl (C=O) groups excluding carboxylic acids is 1. The molecule has 1 aliphatic heterocycles. The fraction of sp³-hybridized carbons (Fsp3) is 0.438. The number of hydrogen-bond acceptors (Lipinski definition) is 6. The molecule has 0 aliphatic carbocycles. The number of ether oxygens (including phenoxy) is 1. The number of amides is 1. The second-order valence-corrected chi connectivity index (χ2v) is 6.23. The summed E-state index contributed by atoms with van der Waals surface area (Å²) in [6.07, 6.45) is 1.55. The highest BCUT2D eigenvalue weighted by atomic mass is 35.5. The van der Waals surface area contributed by atoms with Gasteiger partial charge in [0.2, 0.25) is 5.89 Å². The third kappa shape index (κ3) is 3.17. The SMILES string of the molecule is COc1cc(N)c(Cl)cc1C(=O)N1CCC(c2nc(C)no2)CC1. The number of aromatic nitrogens is 2. The second kappa shape index (κ2) is 6.68. The Labute approximate surface area is 144 Å². The Morgan fingerprint density at radius 1 is 1.42 bits per heavy atom. The summed E-state index contributed by atoms with van der Waals surface area (Å²) in [7, 11) is 1.50. The van der Waals surface area contributed by atoms with Gasteiger partial charge in [-0.25, -0.2) is 0 Å². The smallest absolute Gasteiger partial charge is 0.257 e. The molecule has 0 unspecified atom stereocenters. The minimum absolute atomic E-state index is 0.117. The quantitative estimate of drug-likeness (QED) is 0.855. The van der Waals surface area contributed by atoms with Crippen molar-refractivity contribution in [1.29, 1.82) is 0 Å². The lowest BCUT2D eigenvalue weighted by atomic mass is 9.96. The monoisotopic (exact) mass is 350 g/mol. The number of nitrogens with zero attached hydrogens (tertiary/aromatic N) is 3. The number of anilines is 1. The highest BCUT2D eigenvalue weighted by Crippen LogP contribution is 2.32. The normalized spacial score (nSPS) is 15.5. The van der Waals surface area contributed by atoms with Crippen molar-refractivity contribution in [3.8, 4) is 5.75 Å². The Balaban J connectivity index is 1.72. The van der Waals surface area contributed by atoms with Gasteiger partial charge in [0, 0.05) is 25.1 Å². The summed E-state index contributed by atoms with van der Waals surface area (Å²) < 4.78 is 10.5. The number of nitrogen functional groups attached to an aromatic ring is 1. The van der Waals surface area contributed by atoms with E-state index >= 15 is 0 Å². The molecule has 0 radical (unpaired) electrons.